The van der Waals surface area contributed by atoms with Crippen molar-refractivity contribution in [2.24, 2.45) is 0 Å². The zero-order valence-electron chi connectivity index (χ0n) is 18.2. The van der Waals surface area contributed by atoms with E-state index in [0.29, 0.717) is 66.8 Å². The van der Waals surface area contributed by atoms with Crippen LogP contribution < -0.4 is 9.47 Å². The highest BCUT2D eigenvalue weighted by Crippen LogP contribution is 2.42. The molecule has 0 atom stereocenters. The first-order valence-electron chi connectivity index (χ1n) is 10.1. The summed E-state index contributed by atoms with van der Waals surface area (Å²) in [5.74, 6) is 0.726. The molecule has 0 fully saturated rings. The van der Waals surface area contributed by atoms with Gasteiger partial charge in [0.05, 0.1) is 41.2 Å². The molecular weight excluding hydrogens is 475 g/mol. The highest BCUT2D eigenvalue weighted by atomic mass is 35.5. The molecule has 170 valence electrons. The first kappa shape index (κ1) is 23.4. The zero-order valence-corrected chi connectivity index (χ0v) is 19.7. The van der Waals surface area contributed by atoms with Crippen molar-refractivity contribution in [2.45, 2.75) is 0 Å². The van der Waals surface area contributed by atoms with E-state index in [2.05, 4.69) is 9.97 Å². The van der Waals surface area contributed by atoms with Crippen LogP contribution in [0.4, 0.5) is 0 Å². The SMILES string of the molecule is COc1cc(C=O)cc(-c2nccc(-c3cccc(-c4ccc(C=O)c(OC)n4)c3Cl)c2Cl)c1. The summed E-state index contributed by atoms with van der Waals surface area (Å²) in [6.45, 7) is 0. The predicted octanol–water partition coefficient (Wildman–Crippen LogP) is 6.43. The van der Waals surface area contributed by atoms with Crippen molar-refractivity contribution >= 4 is 35.8 Å². The van der Waals surface area contributed by atoms with Gasteiger partial charge in [0, 0.05) is 34.0 Å². The van der Waals surface area contributed by atoms with Crippen molar-refractivity contribution in [1.82, 2.24) is 9.97 Å². The van der Waals surface area contributed by atoms with Crippen molar-refractivity contribution < 1.29 is 19.1 Å². The summed E-state index contributed by atoms with van der Waals surface area (Å²) in [5.41, 5.74) is 4.42. The van der Waals surface area contributed by atoms with Crippen molar-refractivity contribution in [3.05, 3.63) is 82.0 Å². The predicted molar refractivity (Wildman–Crippen MR) is 132 cm³/mol. The van der Waals surface area contributed by atoms with E-state index in [4.69, 9.17) is 32.7 Å². The maximum atomic E-state index is 11.4. The number of ether oxygens (including phenoxy) is 2. The number of rotatable bonds is 7. The summed E-state index contributed by atoms with van der Waals surface area (Å²) < 4.78 is 10.5. The minimum Gasteiger partial charge on any atom is -0.497 e. The van der Waals surface area contributed by atoms with Gasteiger partial charge in [0.1, 0.15) is 12.0 Å². The van der Waals surface area contributed by atoms with Gasteiger partial charge in [-0.15, -0.1) is 0 Å². The van der Waals surface area contributed by atoms with Crippen LogP contribution in [-0.4, -0.2) is 36.8 Å². The number of halogens is 2. The van der Waals surface area contributed by atoms with E-state index in [9.17, 15) is 9.59 Å². The Morgan fingerprint density at radius 2 is 1.59 bits per heavy atom. The molecule has 8 heteroatoms. The normalized spacial score (nSPS) is 10.6. The van der Waals surface area contributed by atoms with Gasteiger partial charge in [-0.1, -0.05) is 41.4 Å². The summed E-state index contributed by atoms with van der Waals surface area (Å²) in [6, 6.07) is 15.7. The fraction of sp³-hybridized carbons (Fsp3) is 0.0769. The van der Waals surface area contributed by atoms with Crippen molar-refractivity contribution in [1.29, 1.82) is 0 Å². The molecule has 0 aliphatic rings. The van der Waals surface area contributed by atoms with Gasteiger partial charge in [-0.05, 0) is 36.4 Å². The van der Waals surface area contributed by atoms with E-state index in [-0.39, 0.29) is 5.88 Å². The van der Waals surface area contributed by atoms with Gasteiger partial charge in [0.15, 0.2) is 6.29 Å². The third-order valence-corrected chi connectivity index (χ3v) is 6.03. The number of hydrogen-bond donors (Lipinski definition) is 0. The molecule has 0 N–H and O–H groups in total. The number of carbonyl (C=O) groups is 2. The maximum absolute atomic E-state index is 11.4. The van der Waals surface area contributed by atoms with E-state index in [0.717, 1.165) is 6.29 Å². The van der Waals surface area contributed by atoms with E-state index in [1.165, 1.54) is 14.2 Å². The molecule has 4 aromatic rings. The van der Waals surface area contributed by atoms with Crippen LogP contribution in [0.1, 0.15) is 20.7 Å². The Hall–Kier alpha value is -3.74. The molecule has 2 aromatic carbocycles. The third-order valence-electron chi connectivity index (χ3n) is 5.24. The fourth-order valence-electron chi connectivity index (χ4n) is 3.59. The second-order valence-electron chi connectivity index (χ2n) is 7.21. The van der Waals surface area contributed by atoms with Crippen molar-refractivity contribution in [3.8, 4) is 45.3 Å². The Bertz CT molecular complexity index is 1410. The third kappa shape index (κ3) is 4.38. The van der Waals surface area contributed by atoms with Gasteiger partial charge in [-0.3, -0.25) is 14.6 Å². The summed E-state index contributed by atoms with van der Waals surface area (Å²) in [4.78, 5) is 31.4. The number of benzene rings is 2. The average Bonchev–Trinajstić information content (AvgIpc) is 2.88. The average molecular weight is 493 g/mol. The Balaban J connectivity index is 1.85. The molecule has 2 aromatic heterocycles. The molecule has 4 rings (SSSR count). The van der Waals surface area contributed by atoms with Gasteiger partial charge in [0.2, 0.25) is 5.88 Å². The van der Waals surface area contributed by atoms with Crippen molar-refractivity contribution in [2.75, 3.05) is 14.2 Å². The van der Waals surface area contributed by atoms with Gasteiger partial charge < -0.3 is 9.47 Å². The van der Waals surface area contributed by atoms with Crippen LogP contribution in [0.3, 0.4) is 0 Å². The number of hydrogen-bond acceptors (Lipinski definition) is 6. The fourth-order valence-corrected chi connectivity index (χ4v) is 4.24. The maximum Gasteiger partial charge on any atom is 0.224 e. The zero-order chi connectivity index (χ0) is 24.2. The number of pyridine rings is 2. The minimum absolute atomic E-state index is 0.210. The molecule has 6 nitrogen and oxygen atoms in total. The quantitative estimate of drug-likeness (QED) is 0.276. The molecule has 34 heavy (non-hydrogen) atoms. The smallest absolute Gasteiger partial charge is 0.224 e. The molecular formula is C26H18Cl2N2O4. The first-order valence-corrected chi connectivity index (χ1v) is 10.8. The Labute approximate surface area is 206 Å². The lowest BCUT2D eigenvalue weighted by atomic mass is 9.99. The lowest BCUT2D eigenvalue weighted by Gasteiger charge is -2.14. The number of carbonyl (C=O) groups excluding carboxylic acids is 2. The summed E-state index contributed by atoms with van der Waals surface area (Å²) in [7, 11) is 2.97. The van der Waals surface area contributed by atoms with E-state index >= 15 is 0 Å². The number of aromatic nitrogens is 2. The molecule has 0 unspecified atom stereocenters. The number of nitrogens with zero attached hydrogens (tertiary/aromatic N) is 2. The van der Waals surface area contributed by atoms with Gasteiger partial charge in [-0.2, -0.15) is 0 Å². The molecule has 0 aliphatic carbocycles. The van der Waals surface area contributed by atoms with E-state index in [1.807, 2.05) is 18.2 Å². The second kappa shape index (κ2) is 10.0. The lowest BCUT2D eigenvalue weighted by Crippen LogP contribution is -1.97. The number of methoxy groups -OCH3 is 2. The van der Waals surface area contributed by atoms with Crippen LogP contribution in [0.2, 0.25) is 10.0 Å². The lowest BCUT2D eigenvalue weighted by molar-refractivity contribution is 0.111. The molecule has 0 amide bonds. The summed E-state index contributed by atoms with van der Waals surface area (Å²) >= 11 is 13.6. The highest BCUT2D eigenvalue weighted by molar-refractivity contribution is 6.39. The molecule has 0 bridgehead atoms. The van der Waals surface area contributed by atoms with Crippen LogP contribution in [0.15, 0.2) is 60.8 Å². The Morgan fingerprint density at radius 1 is 0.824 bits per heavy atom. The van der Waals surface area contributed by atoms with Crippen LogP contribution in [0, 0.1) is 0 Å². The van der Waals surface area contributed by atoms with Crippen LogP contribution in [0.5, 0.6) is 11.6 Å². The van der Waals surface area contributed by atoms with Crippen LogP contribution in [-0.2, 0) is 0 Å². The summed E-state index contributed by atoms with van der Waals surface area (Å²) in [6.07, 6.45) is 3.04. The first-order chi connectivity index (χ1) is 16.5. The topological polar surface area (TPSA) is 78.4 Å². The Morgan fingerprint density at radius 3 is 2.29 bits per heavy atom. The van der Waals surface area contributed by atoms with Crippen molar-refractivity contribution in [3.63, 3.8) is 0 Å². The second-order valence-corrected chi connectivity index (χ2v) is 7.97. The van der Waals surface area contributed by atoms with Crippen LogP contribution in [0.25, 0.3) is 33.6 Å². The number of aldehydes is 2. The van der Waals surface area contributed by atoms with Crippen LogP contribution >= 0.6 is 23.2 Å². The van der Waals surface area contributed by atoms with Gasteiger partial charge in [0.25, 0.3) is 0 Å². The van der Waals surface area contributed by atoms with Gasteiger partial charge in [-0.25, -0.2) is 4.98 Å². The highest BCUT2D eigenvalue weighted by Gasteiger charge is 2.18. The molecule has 0 saturated carbocycles. The summed E-state index contributed by atoms with van der Waals surface area (Å²) in [5, 5.41) is 0.794. The van der Waals surface area contributed by atoms with E-state index in [1.54, 1.807) is 42.6 Å². The molecule has 0 saturated heterocycles. The van der Waals surface area contributed by atoms with Gasteiger partial charge >= 0.3 is 0 Å². The molecule has 0 aliphatic heterocycles. The Kier molecular flexibility index (Phi) is 6.91. The molecule has 0 radical (unpaired) electrons. The minimum atomic E-state index is 0.210. The molecule has 0 spiro atoms. The monoisotopic (exact) mass is 492 g/mol. The largest absolute Gasteiger partial charge is 0.497 e. The standard InChI is InChI=1S/C26H18Cl2N2O4/c1-33-18-11-15(13-31)10-17(12-18)25-24(28)20(8-9-29-25)19-4-3-5-21(23(19)27)22-7-6-16(14-32)26(30-22)34-2/h3-14H,1-2H3. The van der Waals surface area contributed by atoms with E-state index < -0.39 is 0 Å². The molecule has 2 heterocycles.